The van der Waals surface area contributed by atoms with Crippen LogP contribution >= 0.6 is 0 Å². The first-order valence-electron chi connectivity index (χ1n) is 6.90. The fourth-order valence-electron chi connectivity index (χ4n) is 2.38. The number of amides is 2. The molecule has 6 nitrogen and oxygen atoms in total. The van der Waals surface area contributed by atoms with E-state index in [2.05, 4.69) is 10.6 Å². The second-order valence-electron chi connectivity index (χ2n) is 5.49. The molecule has 1 aliphatic rings. The monoisotopic (exact) mass is 271 g/mol. The van der Waals surface area contributed by atoms with Crippen LogP contribution in [0.1, 0.15) is 38.5 Å². The average molecular weight is 271 g/mol. The topological polar surface area (TPSA) is 81.7 Å². The van der Waals surface area contributed by atoms with Crippen molar-refractivity contribution in [2.45, 2.75) is 44.1 Å². The number of carbonyl (C=O) groups is 2. The van der Waals surface area contributed by atoms with Crippen LogP contribution in [0.2, 0.25) is 0 Å². The third-order valence-electron chi connectivity index (χ3n) is 3.56. The summed E-state index contributed by atoms with van der Waals surface area (Å²) in [5.41, 5.74) is -1.08. The smallest absolute Gasteiger partial charge is 0.329 e. The van der Waals surface area contributed by atoms with Gasteiger partial charge in [-0.3, -0.25) is 0 Å². The van der Waals surface area contributed by atoms with Gasteiger partial charge in [0, 0.05) is 13.1 Å². The standard InChI is InChI=1S/C13H25N3O3/c1-16(2)10-9-14-12(19)15-13(11(17)18)7-5-3-4-6-8-13/h3-10H2,1-2H3,(H,17,18)(H2,14,15,19). The summed E-state index contributed by atoms with van der Waals surface area (Å²) in [5, 5.41) is 14.8. The Morgan fingerprint density at radius 3 is 2.21 bits per heavy atom. The van der Waals surface area contributed by atoms with Gasteiger partial charge in [0.2, 0.25) is 0 Å². The number of nitrogens with one attached hydrogen (secondary N) is 2. The summed E-state index contributed by atoms with van der Waals surface area (Å²) >= 11 is 0. The molecule has 1 saturated carbocycles. The van der Waals surface area contributed by atoms with Gasteiger partial charge in [0.15, 0.2) is 0 Å². The minimum atomic E-state index is -1.08. The summed E-state index contributed by atoms with van der Waals surface area (Å²) in [6, 6.07) is -0.383. The van der Waals surface area contributed by atoms with Crippen LogP contribution in [-0.2, 0) is 4.79 Å². The molecule has 0 aromatic heterocycles. The van der Waals surface area contributed by atoms with Gasteiger partial charge in [-0.15, -0.1) is 0 Å². The molecule has 0 spiro atoms. The van der Waals surface area contributed by atoms with E-state index in [-0.39, 0.29) is 6.03 Å². The third-order valence-corrected chi connectivity index (χ3v) is 3.56. The minimum Gasteiger partial charge on any atom is -0.480 e. The molecule has 2 amide bonds. The molecule has 0 saturated heterocycles. The van der Waals surface area contributed by atoms with Crippen molar-refractivity contribution in [3.63, 3.8) is 0 Å². The highest BCUT2D eigenvalue weighted by Crippen LogP contribution is 2.27. The number of rotatable bonds is 5. The van der Waals surface area contributed by atoms with Crippen molar-refractivity contribution >= 4 is 12.0 Å². The van der Waals surface area contributed by atoms with Crippen LogP contribution in [0.25, 0.3) is 0 Å². The Kier molecular flexibility index (Phi) is 6.08. The van der Waals surface area contributed by atoms with Crippen molar-refractivity contribution in [3.8, 4) is 0 Å². The predicted molar refractivity (Wildman–Crippen MR) is 73.2 cm³/mol. The van der Waals surface area contributed by atoms with Crippen molar-refractivity contribution in [2.24, 2.45) is 0 Å². The van der Waals surface area contributed by atoms with Crippen LogP contribution < -0.4 is 10.6 Å². The van der Waals surface area contributed by atoms with Gasteiger partial charge in [-0.05, 0) is 26.9 Å². The highest BCUT2D eigenvalue weighted by atomic mass is 16.4. The number of carboxylic acids is 1. The molecular formula is C13H25N3O3. The lowest BCUT2D eigenvalue weighted by Gasteiger charge is -2.29. The summed E-state index contributed by atoms with van der Waals surface area (Å²) in [6.07, 6.45) is 4.82. The van der Waals surface area contributed by atoms with E-state index in [4.69, 9.17) is 0 Å². The number of carboxylic acid groups (broad SMARTS) is 1. The molecule has 0 aromatic carbocycles. The predicted octanol–water partition coefficient (Wildman–Crippen LogP) is 1.02. The number of urea groups is 1. The van der Waals surface area contributed by atoms with Gasteiger partial charge in [0.05, 0.1) is 0 Å². The van der Waals surface area contributed by atoms with Gasteiger partial charge in [0.1, 0.15) is 5.54 Å². The number of carbonyl (C=O) groups excluding carboxylic acids is 1. The van der Waals surface area contributed by atoms with E-state index in [9.17, 15) is 14.7 Å². The van der Waals surface area contributed by atoms with Crippen LogP contribution in [0.4, 0.5) is 4.79 Å². The molecule has 0 heterocycles. The number of nitrogens with zero attached hydrogens (tertiary/aromatic N) is 1. The molecular weight excluding hydrogens is 246 g/mol. The first-order chi connectivity index (χ1) is 8.96. The molecule has 0 atom stereocenters. The first-order valence-corrected chi connectivity index (χ1v) is 6.90. The maximum Gasteiger partial charge on any atom is 0.329 e. The highest BCUT2D eigenvalue weighted by Gasteiger charge is 2.39. The highest BCUT2D eigenvalue weighted by molar-refractivity contribution is 5.86. The second-order valence-corrected chi connectivity index (χ2v) is 5.49. The lowest BCUT2D eigenvalue weighted by atomic mass is 9.90. The van der Waals surface area contributed by atoms with Gasteiger partial charge in [0.25, 0.3) is 0 Å². The molecule has 3 N–H and O–H groups in total. The molecule has 1 aliphatic carbocycles. The maximum absolute atomic E-state index is 11.8. The first kappa shape index (κ1) is 15.8. The van der Waals surface area contributed by atoms with Gasteiger partial charge >= 0.3 is 12.0 Å². The molecule has 110 valence electrons. The summed E-state index contributed by atoms with van der Waals surface area (Å²) in [7, 11) is 3.84. The van der Waals surface area contributed by atoms with E-state index in [0.717, 1.165) is 32.2 Å². The van der Waals surface area contributed by atoms with E-state index in [1.54, 1.807) is 0 Å². The molecule has 0 aromatic rings. The van der Waals surface area contributed by atoms with Gasteiger partial charge in [-0.25, -0.2) is 9.59 Å². The largest absolute Gasteiger partial charge is 0.480 e. The number of hydrogen-bond donors (Lipinski definition) is 3. The van der Waals surface area contributed by atoms with E-state index < -0.39 is 11.5 Å². The lowest BCUT2D eigenvalue weighted by Crippen LogP contribution is -2.57. The maximum atomic E-state index is 11.8. The number of aliphatic carboxylic acids is 1. The van der Waals surface area contributed by atoms with Crippen LogP contribution in [0.15, 0.2) is 0 Å². The van der Waals surface area contributed by atoms with Gasteiger partial charge < -0.3 is 20.6 Å². The Morgan fingerprint density at radius 2 is 1.74 bits per heavy atom. The molecule has 0 bridgehead atoms. The molecule has 0 radical (unpaired) electrons. The zero-order valence-corrected chi connectivity index (χ0v) is 11.9. The summed E-state index contributed by atoms with van der Waals surface area (Å²) < 4.78 is 0. The molecule has 0 unspecified atom stereocenters. The second kappa shape index (κ2) is 7.33. The zero-order valence-electron chi connectivity index (χ0n) is 11.9. The van der Waals surface area contributed by atoms with Crippen molar-refractivity contribution in [1.82, 2.24) is 15.5 Å². The Morgan fingerprint density at radius 1 is 1.16 bits per heavy atom. The fourth-order valence-corrected chi connectivity index (χ4v) is 2.38. The summed E-state index contributed by atoms with van der Waals surface area (Å²) in [6.45, 7) is 1.24. The van der Waals surface area contributed by atoms with E-state index in [1.165, 1.54) is 0 Å². The van der Waals surface area contributed by atoms with Crippen LogP contribution in [0.3, 0.4) is 0 Å². The minimum absolute atomic E-state index is 0.383. The van der Waals surface area contributed by atoms with Crippen molar-refractivity contribution in [3.05, 3.63) is 0 Å². The summed E-state index contributed by atoms with van der Waals surface area (Å²) in [5.74, 6) is -0.919. The summed E-state index contributed by atoms with van der Waals surface area (Å²) in [4.78, 5) is 25.3. The van der Waals surface area contributed by atoms with E-state index >= 15 is 0 Å². The molecule has 1 rings (SSSR count). The van der Waals surface area contributed by atoms with Crippen molar-refractivity contribution < 1.29 is 14.7 Å². The number of likely N-dealkylation sites (N-methyl/N-ethyl adjacent to an activating group) is 1. The van der Waals surface area contributed by atoms with E-state index in [0.29, 0.717) is 19.4 Å². The van der Waals surface area contributed by atoms with Gasteiger partial charge in [-0.1, -0.05) is 25.7 Å². The quantitative estimate of drug-likeness (QED) is 0.652. The van der Waals surface area contributed by atoms with Crippen LogP contribution in [0.5, 0.6) is 0 Å². The van der Waals surface area contributed by atoms with Gasteiger partial charge in [-0.2, -0.15) is 0 Å². The van der Waals surface area contributed by atoms with E-state index in [1.807, 2.05) is 19.0 Å². The fraction of sp³-hybridized carbons (Fsp3) is 0.846. The lowest BCUT2D eigenvalue weighted by molar-refractivity contribution is -0.145. The normalized spacial score (nSPS) is 18.7. The van der Waals surface area contributed by atoms with Crippen LogP contribution in [-0.4, -0.2) is 54.7 Å². The molecule has 0 aliphatic heterocycles. The Labute approximate surface area is 114 Å². The molecule has 6 heteroatoms. The SMILES string of the molecule is CN(C)CCNC(=O)NC1(C(=O)O)CCCCCC1. The Balaban J connectivity index is 2.52. The zero-order chi connectivity index (χ0) is 14.3. The Hall–Kier alpha value is -1.30. The molecule has 19 heavy (non-hydrogen) atoms. The Bertz CT molecular complexity index is 310. The third kappa shape index (κ3) is 5.06. The molecule has 1 fully saturated rings. The average Bonchev–Trinajstić information content (AvgIpc) is 2.55. The van der Waals surface area contributed by atoms with Crippen LogP contribution in [0, 0.1) is 0 Å². The van der Waals surface area contributed by atoms with Crippen molar-refractivity contribution in [2.75, 3.05) is 27.2 Å². The number of hydrogen-bond acceptors (Lipinski definition) is 3. The van der Waals surface area contributed by atoms with Crippen molar-refractivity contribution in [1.29, 1.82) is 0 Å².